The number of aliphatic hydroxyl groups is 1. The largest absolute Gasteiger partial charge is 0.467 e. The average Bonchev–Trinajstić information content (AvgIpc) is 2.94. The highest BCUT2D eigenvalue weighted by Gasteiger charge is 2.32. The Morgan fingerprint density at radius 2 is 1.40 bits per heavy atom. The Balaban J connectivity index is 2.15. The van der Waals surface area contributed by atoms with Crippen molar-refractivity contribution in [2.45, 2.75) is 90.1 Å². The van der Waals surface area contributed by atoms with Crippen molar-refractivity contribution >= 4 is 23.9 Å². The van der Waals surface area contributed by atoms with Gasteiger partial charge in [-0.2, -0.15) is 0 Å². The van der Waals surface area contributed by atoms with Gasteiger partial charge in [0, 0.05) is 6.42 Å². The number of amides is 3. The summed E-state index contributed by atoms with van der Waals surface area (Å²) in [5, 5.41) is 19.2. The molecule has 10 nitrogen and oxygen atoms in total. The quantitative estimate of drug-likeness (QED) is 0.250. The van der Waals surface area contributed by atoms with Gasteiger partial charge in [-0.15, -0.1) is 0 Å². The van der Waals surface area contributed by atoms with Gasteiger partial charge in [0.1, 0.15) is 17.7 Å². The Hall–Kier alpha value is -3.92. The van der Waals surface area contributed by atoms with Crippen LogP contribution in [0.3, 0.4) is 0 Å². The third-order valence-electron chi connectivity index (χ3n) is 6.76. The maximum atomic E-state index is 13.4. The number of aliphatic hydroxyl groups excluding tert-OH is 1. The summed E-state index contributed by atoms with van der Waals surface area (Å²) in [6.45, 7) is 8.88. The molecule has 0 aliphatic heterocycles. The Morgan fingerprint density at radius 1 is 0.857 bits per heavy atom. The molecule has 0 aliphatic carbocycles. The molecule has 230 valence electrons. The number of ether oxygens (including phenoxy) is 2. The molecule has 0 aromatic heterocycles. The van der Waals surface area contributed by atoms with E-state index < -0.39 is 53.7 Å². The number of esters is 1. The molecule has 42 heavy (non-hydrogen) atoms. The van der Waals surface area contributed by atoms with Crippen LogP contribution in [0.25, 0.3) is 0 Å². The molecule has 2 rings (SSSR count). The number of hydrogen-bond acceptors (Lipinski definition) is 7. The number of rotatable bonds is 14. The van der Waals surface area contributed by atoms with Crippen molar-refractivity contribution in [1.29, 1.82) is 0 Å². The molecule has 0 aliphatic rings. The molecule has 5 atom stereocenters. The highest BCUT2D eigenvalue weighted by molar-refractivity contribution is 5.91. The molecule has 2 aromatic carbocycles. The lowest BCUT2D eigenvalue weighted by molar-refractivity contribution is -0.145. The van der Waals surface area contributed by atoms with Gasteiger partial charge in [0.15, 0.2) is 0 Å². The number of carbonyl (C=O) groups excluding carboxylic acids is 4. The topological polar surface area (TPSA) is 143 Å². The molecule has 0 bridgehead atoms. The number of benzene rings is 2. The molecule has 0 radical (unpaired) electrons. The van der Waals surface area contributed by atoms with Crippen LogP contribution in [-0.4, -0.2) is 65.9 Å². The third kappa shape index (κ3) is 11.9. The molecule has 4 N–H and O–H groups in total. The van der Waals surface area contributed by atoms with Crippen molar-refractivity contribution in [3.05, 3.63) is 71.8 Å². The molecular weight excluding hydrogens is 538 g/mol. The smallest absolute Gasteiger partial charge is 0.407 e. The molecule has 0 fully saturated rings. The zero-order valence-corrected chi connectivity index (χ0v) is 25.4. The molecule has 0 saturated carbocycles. The first-order chi connectivity index (χ1) is 19.8. The SMILES string of the molecule is CCC(C)[C@@H](NC(=O)C[C@H](O)[C@H](Cc1ccccc1)NC(=O)OC(C)(C)C)C(=O)N[C@H](Cc1ccccc1)C(=O)OC. The van der Waals surface area contributed by atoms with Gasteiger partial charge < -0.3 is 30.5 Å². The molecule has 10 heteroatoms. The van der Waals surface area contributed by atoms with Crippen molar-refractivity contribution in [2.75, 3.05) is 7.11 Å². The van der Waals surface area contributed by atoms with Crippen molar-refractivity contribution in [1.82, 2.24) is 16.0 Å². The van der Waals surface area contributed by atoms with Crippen LogP contribution in [0.5, 0.6) is 0 Å². The van der Waals surface area contributed by atoms with Crippen LogP contribution in [-0.2, 0) is 36.7 Å². The summed E-state index contributed by atoms with van der Waals surface area (Å²) >= 11 is 0. The standard InChI is InChI=1S/C32H45N3O7/c1-7-21(2)28(29(38)33-25(30(39)41-6)19-23-16-12-9-13-17-23)35-27(37)20-26(36)24(18-22-14-10-8-11-15-22)34-31(40)42-32(3,4)5/h8-17,21,24-26,28,36H,7,18-20H2,1-6H3,(H,33,38)(H,34,40)(H,35,37)/t21?,24-,25+,26-,28+/m0/s1. The van der Waals surface area contributed by atoms with Crippen LogP contribution in [0.1, 0.15) is 58.6 Å². The predicted molar refractivity (Wildman–Crippen MR) is 159 cm³/mol. The van der Waals surface area contributed by atoms with Gasteiger partial charge in [-0.25, -0.2) is 9.59 Å². The highest BCUT2D eigenvalue weighted by Crippen LogP contribution is 2.14. The first kappa shape index (κ1) is 34.3. The second-order valence-electron chi connectivity index (χ2n) is 11.4. The van der Waals surface area contributed by atoms with E-state index >= 15 is 0 Å². The Bertz CT molecular complexity index is 1150. The van der Waals surface area contributed by atoms with E-state index in [1.165, 1.54) is 7.11 Å². The van der Waals surface area contributed by atoms with E-state index in [1.807, 2.05) is 74.5 Å². The summed E-state index contributed by atoms with van der Waals surface area (Å²) in [6, 6.07) is 15.7. The molecule has 0 spiro atoms. The summed E-state index contributed by atoms with van der Waals surface area (Å²) in [5.41, 5.74) is 0.938. The van der Waals surface area contributed by atoms with E-state index in [0.717, 1.165) is 11.1 Å². The maximum Gasteiger partial charge on any atom is 0.407 e. The normalized spacial score (nSPS) is 14.8. The van der Waals surface area contributed by atoms with Gasteiger partial charge in [-0.05, 0) is 44.2 Å². The predicted octanol–water partition coefficient (Wildman–Crippen LogP) is 3.30. The minimum absolute atomic E-state index is 0.219. The van der Waals surface area contributed by atoms with E-state index in [4.69, 9.17) is 9.47 Å². The lowest BCUT2D eigenvalue weighted by Crippen LogP contribution is -2.55. The average molecular weight is 584 g/mol. The van der Waals surface area contributed by atoms with Crippen LogP contribution in [0.4, 0.5) is 4.79 Å². The number of carbonyl (C=O) groups is 4. The zero-order chi connectivity index (χ0) is 31.3. The third-order valence-corrected chi connectivity index (χ3v) is 6.76. The fraction of sp³-hybridized carbons (Fsp3) is 0.500. The number of alkyl carbamates (subject to hydrolysis) is 1. The van der Waals surface area contributed by atoms with Gasteiger partial charge >= 0.3 is 12.1 Å². The molecule has 0 saturated heterocycles. The van der Waals surface area contributed by atoms with Crippen molar-refractivity contribution in [2.24, 2.45) is 5.92 Å². The van der Waals surface area contributed by atoms with E-state index in [2.05, 4.69) is 16.0 Å². The fourth-order valence-corrected chi connectivity index (χ4v) is 4.32. The summed E-state index contributed by atoms with van der Waals surface area (Å²) in [5.74, 6) is -1.99. The van der Waals surface area contributed by atoms with E-state index in [9.17, 15) is 24.3 Å². The number of hydrogen-bond donors (Lipinski definition) is 4. The van der Waals surface area contributed by atoms with E-state index in [0.29, 0.717) is 6.42 Å². The van der Waals surface area contributed by atoms with Crippen LogP contribution >= 0.6 is 0 Å². The molecule has 2 aromatic rings. The van der Waals surface area contributed by atoms with Gasteiger partial charge in [0.05, 0.1) is 25.7 Å². The summed E-state index contributed by atoms with van der Waals surface area (Å²) < 4.78 is 10.3. The van der Waals surface area contributed by atoms with Crippen molar-refractivity contribution in [3.63, 3.8) is 0 Å². The molecular formula is C32H45N3O7. The van der Waals surface area contributed by atoms with E-state index in [1.54, 1.807) is 20.8 Å². The van der Waals surface area contributed by atoms with Crippen LogP contribution in [0.15, 0.2) is 60.7 Å². The van der Waals surface area contributed by atoms with Gasteiger partial charge in [-0.3, -0.25) is 9.59 Å². The molecule has 1 unspecified atom stereocenters. The Kier molecular flexibility index (Phi) is 13.5. The second-order valence-corrected chi connectivity index (χ2v) is 11.4. The zero-order valence-electron chi connectivity index (χ0n) is 25.4. The summed E-state index contributed by atoms with van der Waals surface area (Å²) in [7, 11) is 1.25. The van der Waals surface area contributed by atoms with Crippen LogP contribution in [0.2, 0.25) is 0 Å². The fourth-order valence-electron chi connectivity index (χ4n) is 4.32. The molecule has 0 heterocycles. The van der Waals surface area contributed by atoms with Crippen molar-refractivity contribution < 1.29 is 33.8 Å². The second kappa shape index (κ2) is 16.5. The number of nitrogens with one attached hydrogen (secondary N) is 3. The highest BCUT2D eigenvalue weighted by atomic mass is 16.6. The lowest BCUT2D eigenvalue weighted by Gasteiger charge is -2.28. The molecule has 3 amide bonds. The first-order valence-corrected chi connectivity index (χ1v) is 14.3. The minimum atomic E-state index is -1.28. The minimum Gasteiger partial charge on any atom is -0.467 e. The Morgan fingerprint density at radius 3 is 1.90 bits per heavy atom. The summed E-state index contributed by atoms with van der Waals surface area (Å²) in [6.07, 6.45) is -1.33. The maximum absolute atomic E-state index is 13.4. The lowest BCUT2D eigenvalue weighted by atomic mass is 9.96. The van der Waals surface area contributed by atoms with E-state index in [-0.39, 0.29) is 25.2 Å². The van der Waals surface area contributed by atoms with Gasteiger partial charge in [-0.1, -0.05) is 80.9 Å². The first-order valence-electron chi connectivity index (χ1n) is 14.3. The van der Waals surface area contributed by atoms with Crippen LogP contribution in [0, 0.1) is 5.92 Å². The van der Waals surface area contributed by atoms with Gasteiger partial charge in [0.2, 0.25) is 11.8 Å². The monoisotopic (exact) mass is 583 g/mol. The van der Waals surface area contributed by atoms with Crippen LogP contribution < -0.4 is 16.0 Å². The van der Waals surface area contributed by atoms with Gasteiger partial charge in [0.25, 0.3) is 0 Å². The summed E-state index contributed by atoms with van der Waals surface area (Å²) in [4.78, 5) is 51.5. The van der Waals surface area contributed by atoms with Crippen molar-refractivity contribution in [3.8, 4) is 0 Å². The Labute approximate surface area is 248 Å². The number of methoxy groups -OCH3 is 1.